The normalized spacial score (nSPS) is 12.2. The smallest absolute Gasteiger partial charge is 0.335 e. The molecule has 1 unspecified atom stereocenters. The van der Waals surface area contributed by atoms with Gasteiger partial charge >= 0.3 is 5.97 Å². The molecular formula is C10H11ClFNO3. The van der Waals surface area contributed by atoms with E-state index in [2.05, 4.69) is 5.32 Å². The van der Waals surface area contributed by atoms with Gasteiger partial charge in [-0.25, -0.2) is 9.18 Å². The fraction of sp³-hybridized carbons (Fsp3) is 0.300. The van der Waals surface area contributed by atoms with Crippen LogP contribution < -0.4 is 5.32 Å². The maximum Gasteiger partial charge on any atom is 0.335 e. The van der Waals surface area contributed by atoms with Gasteiger partial charge in [-0.2, -0.15) is 0 Å². The number of anilines is 1. The van der Waals surface area contributed by atoms with E-state index in [1.807, 2.05) is 0 Å². The number of aromatic carboxylic acids is 1. The molecule has 0 radical (unpaired) electrons. The van der Waals surface area contributed by atoms with Gasteiger partial charge in [0.2, 0.25) is 0 Å². The van der Waals surface area contributed by atoms with Crippen LogP contribution in [0.25, 0.3) is 0 Å². The quantitative estimate of drug-likeness (QED) is 0.691. The second-order valence-electron chi connectivity index (χ2n) is 3.19. The van der Waals surface area contributed by atoms with Gasteiger partial charge in [0.15, 0.2) is 0 Å². The summed E-state index contributed by atoms with van der Waals surface area (Å²) in [6, 6.07) is 3.50. The molecule has 4 nitrogen and oxygen atoms in total. The fourth-order valence-electron chi connectivity index (χ4n) is 1.07. The zero-order valence-corrected chi connectivity index (χ0v) is 9.04. The molecule has 0 saturated heterocycles. The fourth-order valence-corrected chi connectivity index (χ4v) is 1.18. The van der Waals surface area contributed by atoms with Gasteiger partial charge in [0.25, 0.3) is 0 Å². The molecule has 0 saturated carbocycles. The monoisotopic (exact) mass is 247 g/mol. The summed E-state index contributed by atoms with van der Waals surface area (Å²) in [7, 11) is 0. The number of hydrogen-bond acceptors (Lipinski definition) is 3. The third kappa shape index (κ3) is 3.36. The second kappa shape index (κ2) is 5.67. The molecule has 0 amide bonds. The van der Waals surface area contributed by atoms with Crippen LogP contribution in [0, 0.1) is 5.82 Å². The third-order valence-electron chi connectivity index (χ3n) is 1.92. The molecule has 1 aromatic carbocycles. The first-order valence-corrected chi connectivity index (χ1v) is 5.08. The number of alkyl halides is 1. The second-order valence-corrected chi connectivity index (χ2v) is 3.50. The Kier molecular flexibility index (Phi) is 4.52. The van der Waals surface area contributed by atoms with Gasteiger partial charge in [0.1, 0.15) is 5.82 Å². The van der Waals surface area contributed by atoms with Crippen molar-refractivity contribution in [1.82, 2.24) is 0 Å². The number of rotatable bonds is 5. The van der Waals surface area contributed by atoms with Crippen molar-refractivity contribution >= 4 is 23.3 Å². The summed E-state index contributed by atoms with van der Waals surface area (Å²) >= 11 is 5.36. The molecule has 6 heteroatoms. The Balaban J connectivity index is 2.72. The molecule has 0 aliphatic rings. The number of carbonyl (C=O) groups is 1. The Bertz CT molecular complexity index is 386. The minimum Gasteiger partial charge on any atom is -0.478 e. The minimum atomic E-state index is -1.19. The summed E-state index contributed by atoms with van der Waals surface area (Å²) in [6.45, 7) is 0.104. The first kappa shape index (κ1) is 12.7. The number of carboxylic acid groups (broad SMARTS) is 1. The summed E-state index contributed by atoms with van der Waals surface area (Å²) in [4.78, 5) is 10.5. The van der Waals surface area contributed by atoms with E-state index in [0.29, 0.717) is 0 Å². The van der Waals surface area contributed by atoms with Crippen LogP contribution in [0.4, 0.5) is 10.1 Å². The number of aliphatic hydroxyl groups is 1. The van der Waals surface area contributed by atoms with Gasteiger partial charge in [0.05, 0.1) is 23.2 Å². The van der Waals surface area contributed by atoms with Crippen molar-refractivity contribution in [3.8, 4) is 0 Å². The van der Waals surface area contributed by atoms with Gasteiger partial charge in [-0.1, -0.05) is 0 Å². The van der Waals surface area contributed by atoms with E-state index in [9.17, 15) is 9.18 Å². The lowest BCUT2D eigenvalue weighted by atomic mass is 10.2. The average molecular weight is 248 g/mol. The van der Waals surface area contributed by atoms with Crippen LogP contribution in [0.3, 0.4) is 0 Å². The number of carboxylic acids is 1. The number of halogens is 2. The number of nitrogens with one attached hydrogen (secondary N) is 1. The first-order valence-electron chi connectivity index (χ1n) is 4.55. The average Bonchev–Trinajstić information content (AvgIpc) is 2.26. The topological polar surface area (TPSA) is 69.6 Å². The van der Waals surface area contributed by atoms with Crippen molar-refractivity contribution < 1.29 is 19.4 Å². The van der Waals surface area contributed by atoms with Crippen molar-refractivity contribution in [2.45, 2.75) is 6.10 Å². The molecule has 0 aliphatic carbocycles. The Morgan fingerprint density at radius 2 is 2.25 bits per heavy atom. The van der Waals surface area contributed by atoms with E-state index in [1.54, 1.807) is 0 Å². The van der Waals surface area contributed by atoms with Crippen LogP contribution >= 0.6 is 11.6 Å². The Labute approximate surface area is 96.7 Å². The van der Waals surface area contributed by atoms with Crippen LogP contribution in [0.2, 0.25) is 0 Å². The molecule has 0 aliphatic heterocycles. The van der Waals surface area contributed by atoms with Gasteiger partial charge in [-0.15, -0.1) is 11.6 Å². The Hall–Kier alpha value is -1.33. The molecule has 0 aromatic heterocycles. The van der Waals surface area contributed by atoms with Gasteiger partial charge < -0.3 is 15.5 Å². The molecule has 1 atom stereocenters. The highest BCUT2D eigenvalue weighted by Crippen LogP contribution is 2.15. The predicted molar refractivity (Wildman–Crippen MR) is 58.6 cm³/mol. The van der Waals surface area contributed by atoms with Crippen LogP contribution in [0.15, 0.2) is 18.2 Å². The predicted octanol–water partition coefficient (Wildman–Crippen LogP) is 1.54. The highest BCUT2D eigenvalue weighted by Gasteiger charge is 2.09. The van der Waals surface area contributed by atoms with Crippen LogP contribution in [-0.4, -0.2) is 34.7 Å². The first-order chi connectivity index (χ1) is 7.54. The van der Waals surface area contributed by atoms with Crippen molar-refractivity contribution in [2.24, 2.45) is 0 Å². The van der Waals surface area contributed by atoms with E-state index in [0.717, 1.165) is 6.07 Å². The molecule has 3 N–H and O–H groups in total. The van der Waals surface area contributed by atoms with Gasteiger partial charge in [-0.05, 0) is 18.2 Å². The molecule has 88 valence electrons. The summed E-state index contributed by atoms with van der Waals surface area (Å²) in [6.07, 6.45) is -0.778. The van der Waals surface area contributed by atoms with Crippen molar-refractivity contribution in [3.05, 3.63) is 29.6 Å². The largest absolute Gasteiger partial charge is 0.478 e. The van der Waals surface area contributed by atoms with Crippen molar-refractivity contribution in [2.75, 3.05) is 17.7 Å². The van der Waals surface area contributed by atoms with Gasteiger partial charge in [0, 0.05) is 6.54 Å². The van der Waals surface area contributed by atoms with E-state index >= 15 is 0 Å². The van der Waals surface area contributed by atoms with Gasteiger partial charge in [-0.3, -0.25) is 0 Å². The molecule has 1 rings (SSSR count). The lowest BCUT2D eigenvalue weighted by Crippen LogP contribution is -2.21. The number of aliphatic hydroxyl groups excluding tert-OH is 1. The van der Waals surface area contributed by atoms with E-state index in [4.69, 9.17) is 21.8 Å². The molecule has 0 bridgehead atoms. The maximum atomic E-state index is 13.3. The third-order valence-corrected chi connectivity index (χ3v) is 2.28. The molecule has 0 fully saturated rings. The Morgan fingerprint density at radius 3 is 2.75 bits per heavy atom. The van der Waals surface area contributed by atoms with Crippen LogP contribution in [-0.2, 0) is 0 Å². The Morgan fingerprint density at radius 1 is 1.56 bits per heavy atom. The molecule has 16 heavy (non-hydrogen) atoms. The van der Waals surface area contributed by atoms with Crippen LogP contribution in [0.1, 0.15) is 10.4 Å². The molecule has 1 aromatic rings. The molecule has 0 heterocycles. The maximum absolute atomic E-state index is 13.3. The lowest BCUT2D eigenvalue weighted by Gasteiger charge is -2.10. The van der Waals surface area contributed by atoms with Crippen molar-refractivity contribution in [1.29, 1.82) is 0 Å². The summed E-state index contributed by atoms with van der Waals surface area (Å²) in [5, 5.41) is 20.4. The van der Waals surface area contributed by atoms with E-state index < -0.39 is 17.9 Å². The van der Waals surface area contributed by atoms with Crippen LogP contribution in [0.5, 0.6) is 0 Å². The molecule has 0 spiro atoms. The number of benzene rings is 1. The lowest BCUT2D eigenvalue weighted by molar-refractivity contribution is 0.0696. The number of hydrogen-bond donors (Lipinski definition) is 3. The SMILES string of the molecule is O=C(O)c1ccc(NCC(O)CCl)c(F)c1. The van der Waals surface area contributed by atoms with E-state index in [1.165, 1.54) is 12.1 Å². The zero-order valence-electron chi connectivity index (χ0n) is 8.28. The zero-order chi connectivity index (χ0) is 12.1. The highest BCUT2D eigenvalue weighted by molar-refractivity contribution is 6.18. The van der Waals surface area contributed by atoms with E-state index in [-0.39, 0.29) is 23.7 Å². The van der Waals surface area contributed by atoms with Crippen molar-refractivity contribution in [3.63, 3.8) is 0 Å². The standard InChI is InChI=1S/C10H11ClFNO3/c11-4-7(14)5-13-9-2-1-6(10(15)16)3-8(9)12/h1-3,7,13-14H,4-5H2,(H,15,16). The molecular weight excluding hydrogens is 237 g/mol. The summed E-state index contributed by atoms with van der Waals surface area (Å²) in [5.41, 5.74) is 0.00936. The summed E-state index contributed by atoms with van der Waals surface area (Å²) < 4.78 is 13.3. The minimum absolute atomic E-state index is 0.0435. The summed E-state index contributed by atoms with van der Waals surface area (Å²) in [5.74, 6) is -1.82. The highest BCUT2D eigenvalue weighted by atomic mass is 35.5.